The van der Waals surface area contributed by atoms with E-state index >= 15 is 0 Å². The van der Waals surface area contributed by atoms with Crippen molar-refractivity contribution in [3.05, 3.63) is 23.5 Å². The van der Waals surface area contributed by atoms with Crippen LogP contribution in [0.25, 0.3) is 4.96 Å². The third-order valence-electron chi connectivity index (χ3n) is 2.91. The fraction of sp³-hybridized carbons (Fsp3) is 0.455. The third-order valence-corrected chi connectivity index (χ3v) is 3.68. The van der Waals surface area contributed by atoms with Gasteiger partial charge in [-0.3, -0.25) is 9.20 Å². The zero-order valence-electron chi connectivity index (χ0n) is 9.43. The number of rotatable bonds is 2. The summed E-state index contributed by atoms with van der Waals surface area (Å²) < 4.78 is 2.00. The molecule has 1 aliphatic heterocycles. The van der Waals surface area contributed by atoms with Gasteiger partial charge in [0.05, 0.1) is 18.8 Å². The third kappa shape index (κ3) is 2.18. The molecule has 3 heterocycles. The molecule has 1 aliphatic rings. The van der Waals surface area contributed by atoms with Gasteiger partial charge in [0.2, 0.25) is 5.91 Å². The van der Waals surface area contributed by atoms with E-state index in [1.54, 1.807) is 11.3 Å². The molecule has 0 radical (unpaired) electrons. The Morgan fingerprint density at radius 3 is 3.35 bits per heavy atom. The molecular weight excluding hydrogens is 236 g/mol. The van der Waals surface area contributed by atoms with Crippen molar-refractivity contribution >= 4 is 22.2 Å². The number of fused-ring (bicyclic) bond motifs is 1. The van der Waals surface area contributed by atoms with Crippen molar-refractivity contribution in [3.63, 3.8) is 0 Å². The van der Waals surface area contributed by atoms with Gasteiger partial charge < -0.3 is 10.2 Å². The highest BCUT2D eigenvalue weighted by Crippen LogP contribution is 2.13. The van der Waals surface area contributed by atoms with E-state index in [-0.39, 0.29) is 5.91 Å². The van der Waals surface area contributed by atoms with Crippen molar-refractivity contribution in [2.75, 3.05) is 19.6 Å². The smallest absolute Gasteiger partial charge is 0.236 e. The van der Waals surface area contributed by atoms with Crippen molar-refractivity contribution < 1.29 is 4.79 Å². The Morgan fingerprint density at radius 2 is 2.47 bits per heavy atom. The van der Waals surface area contributed by atoms with Crippen LogP contribution in [0.5, 0.6) is 0 Å². The average molecular weight is 250 g/mol. The van der Waals surface area contributed by atoms with Crippen LogP contribution in [0.1, 0.15) is 12.1 Å². The number of carbonyl (C=O) groups excluding carboxylic acids is 1. The van der Waals surface area contributed by atoms with E-state index in [1.165, 1.54) is 0 Å². The van der Waals surface area contributed by atoms with Gasteiger partial charge in [0.1, 0.15) is 0 Å². The molecule has 1 saturated heterocycles. The fourth-order valence-electron chi connectivity index (χ4n) is 2.04. The number of thiazole rings is 1. The number of hydrogen-bond donors (Lipinski definition) is 1. The second kappa shape index (κ2) is 4.46. The van der Waals surface area contributed by atoms with Crippen LogP contribution < -0.4 is 5.32 Å². The lowest BCUT2D eigenvalue weighted by Gasteiger charge is -2.18. The van der Waals surface area contributed by atoms with E-state index in [0.29, 0.717) is 13.1 Å². The number of nitrogens with zero attached hydrogens (tertiary/aromatic N) is 3. The normalized spacial score (nSPS) is 17.6. The molecule has 90 valence electrons. The van der Waals surface area contributed by atoms with Gasteiger partial charge in [0.15, 0.2) is 4.96 Å². The van der Waals surface area contributed by atoms with Crippen molar-refractivity contribution in [2.45, 2.75) is 13.0 Å². The van der Waals surface area contributed by atoms with Crippen LogP contribution >= 0.6 is 11.3 Å². The molecule has 1 N–H and O–H groups in total. The summed E-state index contributed by atoms with van der Waals surface area (Å²) in [6, 6.07) is 0. The molecule has 0 aliphatic carbocycles. The monoisotopic (exact) mass is 250 g/mol. The first-order valence-electron chi connectivity index (χ1n) is 5.72. The first kappa shape index (κ1) is 10.7. The van der Waals surface area contributed by atoms with E-state index in [2.05, 4.69) is 10.3 Å². The topological polar surface area (TPSA) is 49.6 Å². The molecule has 17 heavy (non-hydrogen) atoms. The van der Waals surface area contributed by atoms with Crippen molar-refractivity contribution in [2.24, 2.45) is 0 Å². The molecule has 1 amide bonds. The minimum Gasteiger partial charge on any atom is -0.336 e. The summed E-state index contributed by atoms with van der Waals surface area (Å²) in [6.07, 6.45) is 4.99. The van der Waals surface area contributed by atoms with Crippen LogP contribution in [0.15, 0.2) is 17.8 Å². The maximum Gasteiger partial charge on any atom is 0.236 e. The highest BCUT2D eigenvalue weighted by atomic mass is 32.1. The van der Waals surface area contributed by atoms with Crippen LogP contribution in [0, 0.1) is 0 Å². The Kier molecular flexibility index (Phi) is 2.82. The Morgan fingerprint density at radius 1 is 1.53 bits per heavy atom. The summed E-state index contributed by atoms with van der Waals surface area (Å²) in [5.74, 6) is 0.166. The molecule has 1 fully saturated rings. The highest BCUT2D eigenvalue weighted by molar-refractivity contribution is 7.15. The molecule has 0 aromatic carbocycles. The summed E-state index contributed by atoms with van der Waals surface area (Å²) in [5, 5.41) is 5.13. The quantitative estimate of drug-likeness (QED) is 0.854. The molecular formula is C11H14N4OS. The van der Waals surface area contributed by atoms with Gasteiger partial charge >= 0.3 is 0 Å². The van der Waals surface area contributed by atoms with E-state index in [0.717, 1.165) is 30.2 Å². The molecule has 3 rings (SSSR count). The largest absolute Gasteiger partial charge is 0.336 e. The predicted molar refractivity (Wildman–Crippen MR) is 66.0 cm³/mol. The zero-order valence-corrected chi connectivity index (χ0v) is 10.2. The molecule has 2 aromatic heterocycles. The minimum absolute atomic E-state index is 0.166. The first-order valence-corrected chi connectivity index (χ1v) is 6.60. The van der Waals surface area contributed by atoms with Crippen LogP contribution in [-0.4, -0.2) is 39.8 Å². The van der Waals surface area contributed by atoms with Gasteiger partial charge in [0.25, 0.3) is 0 Å². The van der Waals surface area contributed by atoms with Gasteiger partial charge in [-0.05, 0) is 13.0 Å². The Hall–Kier alpha value is -1.40. The Bertz CT molecular complexity index is 504. The van der Waals surface area contributed by atoms with Crippen LogP contribution in [0.3, 0.4) is 0 Å². The second-order valence-corrected chi connectivity index (χ2v) is 5.04. The molecule has 5 nitrogen and oxygen atoms in total. The average Bonchev–Trinajstić information content (AvgIpc) is 2.81. The van der Waals surface area contributed by atoms with Crippen LogP contribution in [-0.2, 0) is 11.3 Å². The molecule has 0 atom stereocenters. The lowest BCUT2D eigenvalue weighted by Crippen LogP contribution is -2.34. The number of nitrogens with one attached hydrogen (secondary N) is 1. The van der Waals surface area contributed by atoms with Crippen LogP contribution in [0.2, 0.25) is 0 Å². The van der Waals surface area contributed by atoms with Crippen molar-refractivity contribution in [1.82, 2.24) is 19.6 Å². The lowest BCUT2D eigenvalue weighted by molar-refractivity contribution is -0.130. The highest BCUT2D eigenvalue weighted by Gasteiger charge is 2.17. The fourth-order valence-corrected chi connectivity index (χ4v) is 2.76. The number of carbonyl (C=O) groups is 1. The van der Waals surface area contributed by atoms with Crippen LogP contribution in [0.4, 0.5) is 0 Å². The maximum atomic E-state index is 11.8. The number of hydrogen-bond acceptors (Lipinski definition) is 4. The molecule has 0 saturated carbocycles. The molecule has 6 heteroatoms. The van der Waals surface area contributed by atoms with E-state index in [1.807, 2.05) is 27.1 Å². The van der Waals surface area contributed by atoms with E-state index < -0.39 is 0 Å². The van der Waals surface area contributed by atoms with Gasteiger partial charge in [-0.2, -0.15) is 0 Å². The van der Waals surface area contributed by atoms with Gasteiger partial charge in [-0.25, -0.2) is 4.98 Å². The lowest BCUT2D eigenvalue weighted by atomic mass is 10.3. The van der Waals surface area contributed by atoms with Crippen molar-refractivity contribution in [1.29, 1.82) is 0 Å². The van der Waals surface area contributed by atoms with Crippen molar-refractivity contribution in [3.8, 4) is 0 Å². The Labute approximate surface area is 103 Å². The molecule has 0 spiro atoms. The molecule has 2 aromatic rings. The Balaban J connectivity index is 1.77. The summed E-state index contributed by atoms with van der Waals surface area (Å²) in [5.41, 5.74) is 0.965. The van der Waals surface area contributed by atoms with Gasteiger partial charge in [-0.15, -0.1) is 11.3 Å². The predicted octanol–water partition coefficient (Wildman–Crippen LogP) is 0.718. The number of imidazole rings is 1. The SMILES string of the molecule is O=C1CNCCCN1Cc1cn2ccsc2n1. The van der Waals surface area contributed by atoms with Gasteiger partial charge in [0, 0.05) is 24.3 Å². The number of amides is 1. The summed E-state index contributed by atoms with van der Waals surface area (Å²) in [4.78, 5) is 19.2. The minimum atomic E-state index is 0.166. The summed E-state index contributed by atoms with van der Waals surface area (Å²) in [7, 11) is 0. The van der Waals surface area contributed by atoms with E-state index in [4.69, 9.17) is 0 Å². The maximum absolute atomic E-state index is 11.8. The van der Waals surface area contributed by atoms with Gasteiger partial charge in [-0.1, -0.05) is 0 Å². The first-order chi connectivity index (χ1) is 8.33. The zero-order chi connectivity index (χ0) is 11.7. The standard InChI is InChI=1S/C11H14N4OS/c16-10-6-12-2-1-3-14(10)7-9-8-15-4-5-17-11(15)13-9/h4-5,8,12H,1-3,6-7H2. The summed E-state index contributed by atoms with van der Waals surface area (Å²) >= 11 is 1.61. The van der Waals surface area contributed by atoms with E-state index in [9.17, 15) is 4.79 Å². The summed E-state index contributed by atoms with van der Waals surface area (Å²) in [6.45, 7) is 2.80. The molecule has 0 bridgehead atoms. The number of aromatic nitrogens is 2. The molecule has 0 unspecified atom stereocenters. The second-order valence-electron chi connectivity index (χ2n) is 4.17.